The van der Waals surface area contributed by atoms with Crippen molar-refractivity contribution >= 4 is 16.6 Å². The van der Waals surface area contributed by atoms with E-state index in [1.165, 1.54) is 0 Å². The van der Waals surface area contributed by atoms with Gasteiger partial charge in [-0.3, -0.25) is 0 Å². The van der Waals surface area contributed by atoms with Crippen LogP contribution in [0.25, 0.3) is 10.8 Å². The number of rotatable bonds is 3. The monoisotopic (exact) mass is 279 g/mol. The summed E-state index contributed by atoms with van der Waals surface area (Å²) in [7, 11) is 0. The number of benzene rings is 2. The summed E-state index contributed by atoms with van der Waals surface area (Å²) in [6, 6.07) is 18.8. The van der Waals surface area contributed by atoms with E-state index in [9.17, 15) is 0 Å². The van der Waals surface area contributed by atoms with E-state index < -0.39 is 0 Å². The maximum atomic E-state index is 8.69. The summed E-state index contributed by atoms with van der Waals surface area (Å²) < 4.78 is 5.82. The van der Waals surface area contributed by atoms with Crippen LogP contribution in [0.15, 0.2) is 65.8 Å². The van der Waals surface area contributed by atoms with Crippen LogP contribution < -0.4 is 10.5 Å². The highest BCUT2D eigenvalue weighted by Gasteiger charge is 2.06. The predicted octanol–water partition coefficient (Wildman–Crippen LogP) is 3.12. The summed E-state index contributed by atoms with van der Waals surface area (Å²) in [5.41, 5.74) is 5.89. The Balaban J connectivity index is 1.99. The minimum Gasteiger partial charge on any atom is -0.438 e. The van der Waals surface area contributed by atoms with Crippen LogP contribution in [0, 0.1) is 0 Å². The van der Waals surface area contributed by atoms with Crippen LogP contribution in [-0.2, 0) is 0 Å². The van der Waals surface area contributed by atoms with Crippen molar-refractivity contribution in [2.75, 3.05) is 0 Å². The number of hydrogen-bond donors (Lipinski definition) is 2. The highest BCUT2D eigenvalue weighted by atomic mass is 16.5. The van der Waals surface area contributed by atoms with Gasteiger partial charge in [-0.1, -0.05) is 47.6 Å². The van der Waals surface area contributed by atoms with Crippen LogP contribution in [0.4, 0.5) is 0 Å². The Morgan fingerprint density at radius 3 is 2.62 bits per heavy atom. The van der Waals surface area contributed by atoms with Gasteiger partial charge in [-0.2, -0.15) is 0 Å². The first-order valence-electron chi connectivity index (χ1n) is 6.38. The summed E-state index contributed by atoms with van der Waals surface area (Å²) >= 11 is 0. The third-order valence-corrected chi connectivity index (χ3v) is 3.06. The van der Waals surface area contributed by atoms with Crippen LogP contribution in [0.5, 0.6) is 11.6 Å². The SMILES string of the molecule is NC(=NO)c1cccc(Oc2cccc3ccccc23)n1. The van der Waals surface area contributed by atoms with E-state index in [1.54, 1.807) is 18.2 Å². The van der Waals surface area contributed by atoms with E-state index in [-0.39, 0.29) is 5.84 Å². The lowest BCUT2D eigenvalue weighted by atomic mass is 10.1. The van der Waals surface area contributed by atoms with Crippen LogP contribution in [0.1, 0.15) is 5.69 Å². The first kappa shape index (κ1) is 12.9. The third-order valence-electron chi connectivity index (χ3n) is 3.06. The molecule has 5 nitrogen and oxygen atoms in total. The second-order valence-corrected chi connectivity index (χ2v) is 4.43. The molecule has 2 aromatic carbocycles. The number of pyridine rings is 1. The standard InChI is InChI=1S/C16H13N3O2/c17-16(19-20)13-8-4-10-15(18-13)21-14-9-3-6-11-5-1-2-7-12(11)14/h1-10,20H,(H2,17,19). The molecule has 0 amide bonds. The lowest BCUT2D eigenvalue weighted by molar-refractivity contribution is 0.318. The van der Waals surface area contributed by atoms with Crippen molar-refractivity contribution in [1.82, 2.24) is 4.98 Å². The number of hydrogen-bond acceptors (Lipinski definition) is 4. The minimum atomic E-state index is -0.0571. The molecule has 0 saturated heterocycles. The number of nitrogens with two attached hydrogens (primary N) is 1. The van der Waals surface area contributed by atoms with E-state index >= 15 is 0 Å². The molecule has 0 spiro atoms. The zero-order valence-corrected chi connectivity index (χ0v) is 11.1. The maximum Gasteiger partial charge on any atom is 0.219 e. The zero-order chi connectivity index (χ0) is 14.7. The van der Waals surface area contributed by atoms with E-state index in [4.69, 9.17) is 15.7 Å². The molecule has 3 aromatic rings. The fourth-order valence-corrected chi connectivity index (χ4v) is 2.06. The highest BCUT2D eigenvalue weighted by molar-refractivity contribution is 5.95. The Morgan fingerprint density at radius 2 is 1.76 bits per heavy atom. The summed E-state index contributed by atoms with van der Waals surface area (Å²) in [6.07, 6.45) is 0. The molecule has 1 heterocycles. The fourth-order valence-electron chi connectivity index (χ4n) is 2.06. The van der Waals surface area contributed by atoms with Crippen molar-refractivity contribution in [2.24, 2.45) is 10.9 Å². The van der Waals surface area contributed by atoms with Crippen LogP contribution >= 0.6 is 0 Å². The van der Waals surface area contributed by atoms with Gasteiger partial charge in [-0.25, -0.2) is 4.98 Å². The molecule has 5 heteroatoms. The number of amidine groups is 1. The number of aromatic nitrogens is 1. The summed E-state index contributed by atoms with van der Waals surface area (Å²) in [5.74, 6) is 1.03. The molecular weight excluding hydrogens is 266 g/mol. The van der Waals surface area contributed by atoms with Crippen LogP contribution in [-0.4, -0.2) is 16.0 Å². The fraction of sp³-hybridized carbons (Fsp3) is 0. The molecule has 21 heavy (non-hydrogen) atoms. The molecule has 0 bridgehead atoms. The first-order valence-corrected chi connectivity index (χ1v) is 6.38. The van der Waals surface area contributed by atoms with E-state index in [1.807, 2.05) is 42.5 Å². The van der Waals surface area contributed by atoms with E-state index in [2.05, 4.69) is 10.1 Å². The molecule has 0 aliphatic rings. The molecule has 0 saturated carbocycles. The molecule has 1 aromatic heterocycles. The lowest BCUT2D eigenvalue weighted by Gasteiger charge is -2.08. The van der Waals surface area contributed by atoms with Crippen molar-refractivity contribution < 1.29 is 9.94 Å². The lowest BCUT2D eigenvalue weighted by Crippen LogP contribution is -2.14. The molecule has 0 radical (unpaired) electrons. The Hall–Kier alpha value is -3.08. The van der Waals surface area contributed by atoms with Gasteiger partial charge in [0.25, 0.3) is 0 Å². The summed E-state index contributed by atoms with van der Waals surface area (Å²) in [4.78, 5) is 4.21. The van der Waals surface area contributed by atoms with Gasteiger partial charge in [-0.05, 0) is 17.5 Å². The first-order chi connectivity index (χ1) is 10.3. The number of nitrogens with zero attached hydrogens (tertiary/aromatic N) is 2. The zero-order valence-electron chi connectivity index (χ0n) is 11.1. The van der Waals surface area contributed by atoms with Gasteiger partial charge in [0.05, 0.1) is 0 Å². The molecule has 0 aliphatic carbocycles. The quantitative estimate of drug-likeness (QED) is 0.334. The molecular formula is C16H13N3O2. The van der Waals surface area contributed by atoms with Gasteiger partial charge in [0.15, 0.2) is 5.84 Å². The molecule has 104 valence electrons. The Morgan fingerprint density at radius 1 is 1.00 bits per heavy atom. The molecule has 0 aliphatic heterocycles. The van der Waals surface area contributed by atoms with E-state index in [0.717, 1.165) is 10.8 Å². The van der Waals surface area contributed by atoms with Gasteiger partial charge in [0.2, 0.25) is 5.88 Å². The molecule has 0 atom stereocenters. The van der Waals surface area contributed by atoms with Gasteiger partial charge in [0, 0.05) is 11.5 Å². The van der Waals surface area contributed by atoms with Crippen molar-refractivity contribution in [3.63, 3.8) is 0 Å². The molecule has 3 N–H and O–H groups in total. The topological polar surface area (TPSA) is 80.7 Å². The third kappa shape index (κ3) is 2.62. The summed E-state index contributed by atoms with van der Waals surface area (Å²) in [5, 5.41) is 13.7. The molecule has 3 rings (SSSR count). The Labute approximate surface area is 121 Å². The second kappa shape index (κ2) is 5.50. The van der Waals surface area contributed by atoms with Gasteiger partial charge < -0.3 is 15.7 Å². The normalized spacial score (nSPS) is 11.5. The van der Waals surface area contributed by atoms with Crippen molar-refractivity contribution in [3.05, 3.63) is 66.4 Å². The molecule has 0 fully saturated rings. The van der Waals surface area contributed by atoms with Crippen LogP contribution in [0.3, 0.4) is 0 Å². The smallest absolute Gasteiger partial charge is 0.219 e. The Bertz CT molecular complexity index is 810. The van der Waals surface area contributed by atoms with Crippen LogP contribution in [0.2, 0.25) is 0 Å². The highest BCUT2D eigenvalue weighted by Crippen LogP contribution is 2.28. The average Bonchev–Trinajstić information content (AvgIpc) is 2.55. The van der Waals surface area contributed by atoms with E-state index in [0.29, 0.717) is 17.3 Å². The number of ether oxygens (including phenoxy) is 1. The minimum absolute atomic E-state index is 0.0571. The molecule has 0 unspecified atom stereocenters. The van der Waals surface area contributed by atoms with Crippen molar-refractivity contribution in [3.8, 4) is 11.6 Å². The second-order valence-electron chi connectivity index (χ2n) is 4.43. The summed E-state index contributed by atoms with van der Waals surface area (Å²) in [6.45, 7) is 0. The van der Waals surface area contributed by atoms with Crippen molar-refractivity contribution in [1.29, 1.82) is 0 Å². The van der Waals surface area contributed by atoms with Crippen molar-refractivity contribution in [2.45, 2.75) is 0 Å². The number of fused-ring (bicyclic) bond motifs is 1. The van der Waals surface area contributed by atoms with Gasteiger partial charge >= 0.3 is 0 Å². The predicted molar refractivity (Wildman–Crippen MR) is 80.8 cm³/mol. The van der Waals surface area contributed by atoms with Gasteiger partial charge in [-0.15, -0.1) is 0 Å². The largest absolute Gasteiger partial charge is 0.438 e. The maximum absolute atomic E-state index is 8.69. The number of oxime groups is 1. The Kier molecular flexibility index (Phi) is 3.39. The average molecular weight is 279 g/mol. The van der Waals surface area contributed by atoms with Gasteiger partial charge in [0.1, 0.15) is 11.4 Å².